The molecule has 0 unspecified atom stereocenters. The number of aryl methyl sites for hydroxylation is 2. The molecule has 0 saturated carbocycles. The quantitative estimate of drug-likeness (QED) is 0.677. The summed E-state index contributed by atoms with van der Waals surface area (Å²) >= 11 is 0. The molecule has 2 heterocycles. The molecular formula is C16H13N5O3. The van der Waals surface area contributed by atoms with Gasteiger partial charge in [0.15, 0.2) is 0 Å². The highest BCUT2D eigenvalue weighted by molar-refractivity contribution is 5.78. The van der Waals surface area contributed by atoms with E-state index in [1.165, 1.54) is 6.92 Å². The first-order valence-corrected chi connectivity index (χ1v) is 7.00. The molecule has 0 spiro atoms. The molecule has 0 amide bonds. The van der Waals surface area contributed by atoms with E-state index in [0.29, 0.717) is 15.6 Å². The molecule has 0 aliphatic carbocycles. The Morgan fingerprint density at radius 2 is 1.92 bits per heavy atom. The summed E-state index contributed by atoms with van der Waals surface area (Å²) in [5, 5.41) is 19.6. The lowest BCUT2D eigenvalue weighted by molar-refractivity contribution is 0.385. The molecule has 0 radical (unpaired) electrons. The van der Waals surface area contributed by atoms with E-state index in [1.807, 2.05) is 13.0 Å². The average molecular weight is 323 g/mol. The third-order valence-corrected chi connectivity index (χ3v) is 3.68. The fourth-order valence-electron chi connectivity index (χ4n) is 2.55. The number of aromatic hydroxyl groups is 1. The number of benzene rings is 1. The van der Waals surface area contributed by atoms with Gasteiger partial charge in [-0.3, -0.25) is 9.59 Å². The van der Waals surface area contributed by atoms with Crippen molar-refractivity contribution in [2.45, 2.75) is 13.8 Å². The molecule has 0 atom stereocenters. The molecule has 120 valence electrons. The molecule has 3 N–H and O–H groups in total. The molecule has 0 fully saturated rings. The van der Waals surface area contributed by atoms with Crippen LogP contribution in [-0.2, 0) is 0 Å². The molecule has 1 aromatic carbocycles. The Morgan fingerprint density at radius 3 is 2.58 bits per heavy atom. The van der Waals surface area contributed by atoms with E-state index in [0.717, 1.165) is 16.3 Å². The van der Waals surface area contributed by atoms with Crippen molar-refractivity contribution in [2.24, 2.45) is 0 Å². The average Bonchev–Trinajstić information content (AvgIpc) is 2.51. The predicted octanol–water partition coefficient (Wildman–Crippen LogP) is 0.646. The van der Waals surface area contributed by atoms with Gasteiger partial charge in [-0.25, -0.2) is 4.98 Å². The van der Waals surface area contributed by atoms with Crippen molar-refractivity contribution in [2.75, 3.05) is 5.73 Å². The van der Waals surface area contributed by atoms with Crippen molar-refractivity contribution in [1.82, 2.24) is 14.3 Å². The number of fused-ring (bicyclic) bond motifs is 1. The maximum absolute atomic E-state index is 12.8. The summed E-state index contributed by atoms with van der Waals surface area (Å²) in [6, 6.07) is 7.86. The highest BCUT2D eigenvalue weighted by Gasteiger charge is 2.18. The fourth-order valence-corrected chi connectivity index (χ4v) is 2.55. The van der Waals surface area contributed by atoms with Crippen LogP contribution in [0.2, 0.25) is 0 Å². The van der Waals surface area contributed by atoms with Gasteiger partial charge in [-0.2, -0.15) is 14.6 Å². The van der Waals surface area contributed by atoms with Crippen LogP contribution in [0, 0.1) is 25.2 Å². The lowest BCUT2D eigenvalue weighted by Crippen LogP contribution is -2.37. The van der Waals surface area contributed by atoms with E-state index >= 15 is 0 Å². The molecule has 8 nitrogen and oxygen atoms in total. The second-order valence-electron chi connectivity index (χ2n) is 5.36. The smallest absolute Gasteiger partial charge is 0.280 e. The van der Waals surface area contributed by atoms with E-state index in [9.17, 15) is 14.7 Å². The number of nitrogen functional groups attached to an aromatic ring is 1. The number of hydrogen-bond acceptors (Lipinski definition) is 6. The van der Waals surface area contributed by atoms with Gasteiger partial charge in [-0.1, -0.05) is 11.6 Å². The Kier molecular flexibility index (Phi) is 3.34. The van der Waals surface area contributed by atoms with Crippen LogP contribution in [0.1, 0.15) is 17.0 Å². The van der Waals surface area contributed by atoms with E-state index in [1.54, 1.807) is 18.2 Å². The van der Waals surface area contributed by atoms with Crippen LogP contribution in [0.25, 0.3) is 10.9 Å². The summed E-state index contributed by atoms with van der Waals surface area (Å²) < 4.78 is 1.63. The maximum Gasteiger partial charge on any atom is 0.280 e. The molecule has 3 aromatic rings. The number of aromatic nitrogens is 3. The van der Waals surface area contributed by atoms with Crippen molar-refractivity contribution in [1.29, 1.82) is 5.26 Å². The zero-order chi connectivity index (χ0) is 17.6. The molecule has 3 rings (SSSR count). The first-order chi connectivity index (χ1) is 11.3. The van der Waals surface area contributed by atoms with Gasteiger partial charge in [0.1, 0.15) is 17.5 Å². The van der Waals surface area contributed by atoms with E-state index in [-0.39, 0.29) is 17.1 Å². The van der Waals surface area contributed by atoms with Crippen molar-refractivity contribution in [3.63, 3.8) is 0 Å². The minimum Gasteiger partial charge on any atom is -0.492 e. The molecule has 0 aliphatic rings. The van der Waals surface area contributed by atoms with Crippen LogP contribution in [-0.4, -0.2) is 19.4 Å². The third kappa shape index (κ3) is 2.11. The molecule has 8 heteroatoms. The topological polar surface area (TPSA) is 127 Å². The molecule has 0 saturated heterocycles. The number of rotatable bonds is 1. The molecule has 0 aliphatic heterocycles. The third-order valence-electron chi connectivity index (χ3n) is 3.68. The molecule has 2 aromatic heterocycles. The van der Waals surface area contributed by atoms with Gasteiger partial charge < -0.3 is 10.8 Å². The fraction of sp³-hybridized carbons (Fsp3) is 0.125. The standard InChI is InChI=1S/C16H13N5O3/c1-8-3-4-13-10(5-8)15(23)20(9(2)19-13)21-14(22)6-12(18)11(7-17)16(21)24/h3-6,24H,18H2,1-2H3. The number of nitrogens with zero attached hydrogens (tertiary/aromatic N) is 4. The van der Waals surface area contributed by atoms with Gasteiger partial charge in [0, 0.05) is 6.07 Å². The molecule has 0 bridgehead atoms. The summed E-state index contributed by atoms with van der Waals surface area (Å²) in [7, 11) is 0. The highest BCUT2D eigenvalue weighted by atomic mass is 16.3. The van der Waals surface area contributed by atoms with E-state index in [4.69, 9.17) is 11.0 Å². The van der Waals surface area contributed by atoms with E-state index in [2.05, 4.69) is 4.98 Å². The summed E-state index contributed by atoms with van der Waals surface area (Å²) in [6.45, 7) is 3.35. The van der Waals surface area contributed by atoms with Crippen LogP contribution >= 0.6 is 0 Å². The number of hydrogen-bond donors (Lipinski definition) is 2. The Balaban J connectivity index is 2.51. The van der Waals surface area contributed by atoms with Gasteiger partial charge in [0.2, 0.25) is 5.88 Å². The molecule has 24 heavy (non-hydrogen) atoms. The lowest BCUT2D eigenvalue weighted by Gasteiger charge is -2.15. The number of nitriles is 1. The van der Waals surface area contributed by atoms with Crippen molar-refractivity contribution in [3.05, 3.63) is 61.9 Å². The van der Waals surface area contributed by atoms with Crippen LogP contribution in [0.5, 0.6) is 5.88 Å². The Hall–Kier alpha value is -3.60. The van der Waals surface area contributed by atoms with Gasteiger partial charge in [0.25, 0.3) is 11.1 Å². The summed E-state index contributed by atoms with van der Waals surface area (Å²) in [4.78, 5) is 29.4. The Labute approximate surface area is 135 Å². The zero-order valence-electron chi connectivity index (χ0n) is 12.9. The molecular weight excluding hydrogens is 310 g/mol. The summed E-state index contributed by atoms with van der Waals surface area (Å²) in [6.07, 6.45) is 0. The van der Waals surface area contributed by atoms with Crippen LogP contribution in [0.15, 0.2) is 33.9 Å². The lowest BCUT2D eigenvalue weighted by atomic mass is 10.2. The predicted molar refractivity (Wildman–Crippen MR) is 87.8 cm³/mol. The second kappa shape index (κ2) is 5.24. The number of anilines is 1. The first-order valence-electron chi connectivity index (χ1n) is 7.00. The first kappa shape index (κ1) is 15.3. The van der Waals surface area contributed by atoms with Gasteiger partial charge in [-0.05, 0) is 26.0 Å². The maximum atomic E-state index is 12.8. The van der Waals surface area contributed by atoms with Crippen LogP contribution < -0.4 is 16.9 Å². The van der Waals surface area contributed by atoms with Crippen molar-refractivity contribution < 1.29 is 5.11 Å². The largest absolute Gasteiger partial charge is 0.492 e. The highest BCUT2D eigenvalue weighted by Crippen LogP contribution is 2.20. The SMILES string of the molecule is Cc1ccc2nc(C)n(-n3c(O)c(C#N)c(N)cc3=O)c(=O)c2c1. The normalized spacial score (nSPS) is 10.7. The summed E-state index contributed by atoms with van der Waals surface area (Å²) in [5.74, 6) is -0.524. The zero-order valence-corrected chi connectivity index (χ0v) is 12.9. The minimum atomic E-state index is -0.747. The van der Waals surface area contributed by atoms with Crippen LogP contribution in [0.4, 0.5) is 5.69 Å². The monoisotopic (exact) mass is 323 g/mol. The van der Waals surface area contributed by atoms with Crippen molar-refractivity contribution >= 4 is 16.6 Å². The second-order valence-corrected chi connectivity index (χ2v) is 5.36. The van der Waals surface area contributed by atoms with E-state index < -0.39 is 17.0 Å². The number of nitrogens with two attached hydrogens (primary N) is 1. The van der Waals surface area contributed by atoms with Gasteiger partial charge in [-0.15, -0.1) is 0 Å². The van der Waals surface area contributed by atoms with Gasteiger partial charge >= 0.3 is 0 Å². The number of pyridine rings is 1. The Morgan fingerprint density at radius 1 is 1.21 bits per heavy atom. The summed E-state index contributed by atoms with van der Waals surface area (Å²) in [5.41, 5.74) is 5.16. The Bertz CT molecular complexity index is 1150. The van der Waals surface area contributed by atoms with Crippen molar-refractivity contribution in [3.8, 4) is 11.9 Å². The van der Waals surface area contributed by atoms with Crippen LogP contribution in [0.3, 0.4) is 0 Å². The minimum absolute atomic E-state index is 0.161. The van der Waals surface area contributed by atoms with Gasteiger partial charge in [0.05, 0.1) is 16.6 Å².